The van der Waals surface area contributed by atoms with Crippen molar-refractivity contribution in [3.05, 3.63) is 59.9 Å². The number of amides is 2. The lowest BCUT2D eigenvalue weighted by Gasteiger charge is -2.06. The number of nitrogens with zero attached hydrogens (tertiary/aromatic N) is 2. The number of carboxylic acids is 1. The molecule has 0 radical (unpaired) electrons. The topological polar surface area (TPSA) is 121 Å². The van der Waals surface area contributed by atoms with Crippen LogP contribution < -0.4 is 10.7 Å². The van der Waals surface area contributed by atoms with Crippen molar-refractivity contribution in [2.24, 2.45) is 5.10 Å². The van der Waals surface area contributed by atoms with Gasteiger partial charge >= 0.3 is 5.97 Å². The standard InChI is InChI=1S/C16H14N4O4/c1-10(21)18-13-4-2-11(3-5-13)14(16(23)24)19-20-15(22)12-6-8-17-9-7-12/h2-9H,1H3,(H,18,21)(H,20,22)(H,23,24)/b19-14-. The second-order valence-corrected chi connectivity index (χ2v) is 4.70. The first-order valence-corrected chi connectivity index (χ1v) is 6.86. The zero-order chi connectivity index (χ0) is 17.5. The molecular weight excluding hydrogens is 312 g/mol. The molecule has 8 nitrogen and oxygen atoms in total. The quantitative estimate of drug-likeness (QED) is 0.564. The predicted molar refractivity (Wildman–Crippen MR) is 86.6 cm³/mol. The number of anilines is 1. The van der Waals surface area contributed by atoms with E-state index in [-0.39, 0.29) is 17.2 Å². The number of hydrogen-bond donors (Lipinski definition) is 3. The van der Waals surface area contributed by atoms with Crippen molar-refractivity contribution in [1.82, 2.24) is 10.4 Å². The van der Waals surface area contributed by atoms with Crippen LogP contribution in [0.15, 0.2) is 53.9 Å². The molecule has 0 atom stereocenters. The van der Waals surface area contributed by atoms with E-state index in [0.717, 1.165) is 0 Å². The minimum atomic E-state index is -1.29. The number of aromatic nitrogens is 1. The lowest BCUT2D eigenvalue weighted by molar-refractivity contribution is -0.129. The number of carboxylic acid groups (broad SMARTS) is 1. The number of benzene rings is 1. The Morgan fingerprint density at radius 3 is 2.17 bits per heavy atom. The lowest BCUT2D eigenvalue weighted by atomic mass is 10.1. The van der Waals surface area contributed by atoms with Gasteiger partial charge in [-0.3, -0.25) is 14.6 Å². The molecule has 0 bridgehead atoms. The molecule has 0 aliphatic carbocycles. The highest BCUT2D eigenvalue weighted by atomic mass is 16.4. The van der Waals surface area contributed by atoms with Crippen LogP contribution in [-0.2, 0) is 9.59 Å². The Kier molecular flexibility index (Phi) is 5.35. The van der Waals surface area contributed by atoms with Gasteiger partial charge in [0.2, 0.25) is 5.91 Å². The van der Waals surface area contributed by atoms with Gasteiger partial charge in [0.15, 0.2) is 5.71 Å². The molecule has 0 fully saturated rings. The molecule has 2 amide bonds. The van der Waals surface area contributed by atoms with Gasteiger partial charge in [-0.1, -0.05) is 12.1 Å². The highest BCUT2D eigenvalue weighted by Crippen LogP contribution is 2.10. The number of carbonyl (C=O) groups is 3. The van der Waals surface area contributed by atoms with E-state index in [9.17, 15) is 19.5 Å². The number of rotatable bonds is 5. The fourth-order valence-electron chi connectivity index (χ4n) is 1.83. The molecular formula is C16H14N4O4. The third-order valence-corrected chi connectivity index (χ3v) is 2.89. The van der Waals surface area contributed by atoms with Gasteiger partial charge < -0.3 is 10.4 Å². The summed E-state index contributed by atoms with van der Waals surface area (Å²) in [4.78, 5) is 38.0. The monoisotopic (exact) mass is 326 g/mol. The van der Waals surface area contributed by atoms with Gasteiger partial charge in [0, 0.05) is 36.1 Å². The van der Waals surface area contributed by atoms with E-state index < -0.39 is 11.9 Å². The van der Waals surface area contributed by atoms with Crippen LogP contribution in [0.3, 0.4) is 0 Å². The van der Waals surface area contributed by atoms with E-state index in [4.69, 9.17) is 0 Å². The van der Waals surface area contributed by atoms with Crippen LogP contribution in [0.1, 0.15) is 22.8 Å². The van der Waals surface area contributed by atoms with E-state index in [1.165, 1.54) is 43.6 Å². The second kappa shape index (κ2) is 7.63. The number of nitrogens with one attached hydrogen (secondary N) is 2. The molecule has 24 heavy (non-hydrogen) atoms. The number of hydrogen-bond acceptors (Lipinski definition) is 5. The minimum Gasteiger partial charge on any atom is -0.476 e. The van der Waals surface area contributed by atoms with E-state index in [1.807, 2.05) is 0 Å². The Labute approximate surface area is 137 Å². The van der Waals surface area contributed by atoms with Gasteiger partial charge in [0.25, 0.3) is 5.91 Å². The van der Waals surface area contributed by atoms with Gasteiger partial charge in [-0.15, -0.1) is 0 Å². The van der Waals surface area contributed by atoms with Crippen molar-refractivity contribution < 1.29 is 19.5 Å². The summed E-state index contributed by atoms with van der Waals surface area (Å²) in [6.45, 7) is 1.37. The van der Waals surface area contributed by atoms with Gasteiger partial charge in [0.05, 0.1) is 0 Å². The summed E-state index contributed by atoms with van der Waals surface area (Å²) in [7, 11) is 0. The largest absolute Gasteiger partial charge is 0.476 e. The van der Waals surface area contributed by atoms with Crippen LogP contribution in [0.5, 0.6) is 0 Å². The average molecular weight is 326 g/mol. The van der Waals surface area contributed by atoms with Crippen molar-refractivity contribution >= 4 is 29.2 Å². The molecule has 0 saturated carbocycles. The van der Waals surface area contributed by atoms with Crippen LogP contribution >= 0.6 is 0 Å². The molecule has 0 aliphatic rings. The maximum atomic E-state index is 11.9. The van der Waals surface area contributed by atoms with Crippen molar-refractivity contribution in [3.8, 4) is 0 Å². The Morgan fingerprint density at radius 1 is 1.00 bits per heavy atom. The molecule has 8 heteroatoms. The molecule has 2 rings (SSSR count). The number of hydrazone groups is 1. The normalized spacial score (nSPS) is 10.8. The van der Waals surface area contributed by atoms with E-state index in [0.29, 0.717) is 11.3 Å². The highest BCUT2D eigenvalue weighted by molar-refractivity contribution is 6.42. The second-order valence-electron chi connectivity index (χ2n) is 4.70. The molecule has 0 aliphatic heterocycles. The molecule has 1 aromatic carbocycles. The Bertz CT molecular complexity index is 785. The minimum absolute atomic E-state index is 0.237. The van der Waals surface area contributed by atoms with Gasteiger partial charge in [-0.25, -0.2) is 10.2 Å². The van der Waals surface area contributed by atoms with Crippen molar-refractivity contribution in [2.75, 3.05) is 5.32 Å². The zero-order valence-corrected chi connectivity index (χ0v) is 12.7. The van der Waals surface area contributed by atoms with E-state index in [1.54, 1.807) is 12.1 Å². The first kappa shape index (κ1) is 16.8. The molecule has 2 aromatic rings. The first-order valence-electron chi connectivity index (χ1n) is 6.86. The van der Waals surface area contributed by atoms with Gasteiger partial charge in [-0.05, 0) is 24.3 Å². The van der Waals surface area contributed by atoms with E-state index >= 15 is 0 Å². The highest BCUT2D eigenvalue weighted by Gasteiger charge is 2.14. The predicted octanol–water partition coefficient (Wildman–Crippen LogP) is 1.26. The van der Waals surface area contributed by atoms with Gasteiger partial charge in [0.1, 0.15) is 0 Å². The van der Waals surface area contributed by atoms with Crippen LogP contribution in [0, 0.1) is 0 Å². The lowest BCUT2D eigenvalue weighted by Crippen LogP contribution is -2.24. The van der Waals surface area contributed by atoms with Crippen LogP contribution in [0.25, 0.3) is 0 Å². The summed E-state index contributed by atoms with van der Waals surface area (Å²) in [6.07, 6.45) is 2.88. The number of carbonyl (C=O) groups excluding carboxylic acids is 2. The molecule has 3 N–H and O–H groups in total. The van der Waals surface area contributed by atoms with Crippen LogP contribution in [0.4, 0.5) is 5.69 Å². The third-order valence-electron chi connectivity index (χ3n) is 2.89. The fraction of sp³-hybridized carbons (Fsp3) is 0.0625. The van der Waals surface area contributed by atoms with Crippen LogP contribution in [-0.4, -0.2) is 33.6 Å². The smallest absolute Gasteiger partial charge is 0.356 e. The number of pyridine rings is 1. The van der Waals surface area contributed by atoms with E-state index in [2.05, 4.69) is 20.8 Å². The zero-order valence-electron chi connectivity index (χ0n) is 12.7. The third kappa shape index (κ3) is 4.47. The van der Waals surface area contributed by atoms with Crippen molar-refractivity contribution in [1.29, 1.82) is 0 Å². The summed E-state index contributed by atoms with van der Waals surface area (Å²) in [5.74, 6) is -2.08. The number of aliphatic carboxylic acids is 1. The summed E-state index contributed by atoms with van der Waals surface area (Å²) in [6, 6.07) is 9.01. The molecule has 1 heterocycles. The first-order chi connectivity index (χ1) is 11.5. The molecule has 122 valence electrons. The summed E-state index contributed by atoms with van der Waals surface area (Å²) in [5, 5.41) is 15.5. The molecule has 0 spiro atoms. The summed E-state index contributed by atoms with van der Waals surface area (Å²) in [5.41, 5.74) is 2.98. The summed E-state index contributed by atoms with van der Waals surface area (Å²) < 4.78 is 0. The Morgan fingerprint density at radius 2 is 1.62 bits per heavy atom. The Hall–Kier alpha value is -3.55. The fourth-order valence-corrected chi connectivity index (χ4v) is 1.83. The summed E-state index contributed by atoms with van der Waals surface area (Å²) >= 11 is 0. The van der Waals surface area contributed by atoms with Crippen molar-refractivity contribution in [3.63, 3.8) is 0 Å². The molecule has 0 saturated heterocycles. The average Bonchev–Trinajstić information content (AvgIpc) is 2.56. The van der Waals surface area contributed by atoms with Crippen molar-refractivity contribution in [2.45, 2.75) is 6.92 Å². The molecule has 1 aromatic heterocycles. The van der Waals surface area contributed by atoms with Crippen LogP contribution in [0.2, 0.25) is 0 Å². The maximum Gasteiger partial charge on any atom is 0.356 e. The maximum absolute atomic E-state index is 11.9. The van der Waals surface area contributed by atoms with Gasteiger partial charge in [-0.2, -0.15) is 5.10 Å². The SMILES string of the molecule is CC(=O)Nc1ccc(/C(=N/NC(=O)c2ccncc2)C(=O)O)cc1. The molecule has 0 unspecified atom stereocenters. The Balaban J connectivity index is 2.18.